The fourth-order valence-electron chi connectivity index (χ4n) is 3.57. The molecule has 1 aromatic heterocycles. The predicted octanol–water partition coefficient (Wildman–Crippen LogP) is 4.96. The van der Waals surface area contributed by atoms with Gasteiger partial charge < -0.3 is 15.1 Å². The number of benzene rings is 2. The molecule has 1 saturated carbocycles. The Morgan fingerprint density at radius 2 is 1.81 bits per heavy atom. The molecule has 26 heavy (non-hydrogen) atoms. The van der Waals surface area contributed by atoms with Gasteiger partial charge in [0.2, 0.25) is 5.91 Å². The molecule has 134 valence electrons. The van der Waals surface area contributed by atoms with Crippen LogP contribution in [0.2, 0.25) is 0 Å². The maximum Gasteiger partial charge on any atom is 0.242 e. The van der Waals surface area contributed by atoms with Crippen LogP contribution in [0.1, 0.15) is 32.6 Å². The van der Waals surface area contributed by atoms with Crippen LogP contribution in [0.5, 0.6) is 0 Å². The minimum absolute atomic E-state index is 0.0678. The SMILES string of the molecule is C[C@H](Nc1ccc(-c2cc3ccccc3o2)cc1)C(=O)NC1CCCC1. The molecule has 0 aliphatic heterocycles. The van der Waals surface area contributed by atoms with E-state index in [0.717, 1.165) is 40.8 Å². The van der Waals surface area contributed by atoms with Gasteiger partial charge in [-0.25, -0.2) is 0 Å². The van der Waals surface area contributed by atoms with Crippen LogP contribution in [-0.2, 0) is 4.79 Å². The van der Waals surface area contributed by atoms with E-state index in [0.29, 0.717) is 6.04 Å². The molecule has 1 heterocycles. The number of carbonyl (C=O) groups excluding carboxylic acids is 1. The molecule has 2 aromatic carbocycles. The molecule has 3 aromatic rings. The summed E-state index contributed by atoms with van der Waals surface area (Å²) < 4.78 is 5.90. The van der Waals surface area contributed by atoms with Gasteiger partial charge in [0.15, 0.2) is 0 Å². The minimum Gasteiger partial charge on any atom is -0.456 e. The maximum absolute atomic E-state index is 12.3. The average molecular weight is 348 g/mol. The van der Waals surface area contributed by atoms with Gasteiger partial charge in [-0.15, -0.1) is 0 Å². The molecular weight excluding hydrogens is 324 g/mol. The molecule has 4 rings (SSSR count). The highest BCUT2D eigenvalue weighted by molar-refractivity contribution is 5.85. The Morgan fingerprint density at radius 1 is 1.08 bits per heavy atom. The van der Waals surface area contributed by atoms with Crippen molar-refractivity contribution in [3.63, 3.8) is 0 Å². The number of para-hydroxylation sites is 1. The molecule has 0 spiro atoms. The summed E-state index contributed by atoms with van der Waals surface area (Å²) in [7, 11) is 0. The Labute approximate surface area is 153 Å². The number of anilines is 1. The number of carbonyl (C=O) groups is 1. The van der Waals surface area contributed by atoms with E-state index in [1.165, 1.54) is 12.8 Å². The summed E-state index contributed by atoms with van der Waals surface area (Å²) in [6.07, 6.45) is 4.64. The number of fused-ring (bicyclic) bond motifs is 1. The fraction of sp³-hybridized carbons (Fsp3) is 0.318. The Bertz CT molecular complexity index is 859. The average Bonchev–Trinajstić information content (AvgIpc) is 3.31. The van der Waals surface area contributed by atoms with Gasteiger partial charge in [-0.1, -0.05) is 31.0 Å². The second kappa shape index (κ2) is 7.24. The van der Waals surface area contributed by atoms with Crippen molar-refractivity contribution in [2.75, 3.05) is 5.32 Å². The van der Waals surface area contributed by atoms with Gasteiger partial charge >= 0.3 is 0 Å². The summed E-state index contributed by atoms with van der Waals surface area (Å²) >= 11 is 0. The summed E-state index contributed by atoms with van der Waals surface area (Å²) in [6.45, 7) is 1.90. The molecule has 1 aliphatic carbocycles. The number of rotatable bonds is 5. The second-order valence-electron chi connectivity index (χ2n) is 7.08. The Morgan fingerprint density at radius 3 is 2.54 bits per heavy atom. The molecule has 1 amide bonds. The third kappa shape index (κ3) is 3.59. The molecule has 0 bridgehead atoms. The standard InChI is InChI=1S/C22H24N2O2/c1-15(22(25)24-18-7-3-4-8-18)23-19-12-10-16(11-13-19)21-14-17-6-2-5-9-20(17)26-21/h2,5-6,9-15,18,23H,3-4,7-8H2,1H3,(H,24,25)/t15-/m0/s1. The Balaban J connectivity index is 1.41. The number of nitrogens with one attached hydrogen (secondary N) is 2. The second-order valence-corrected chi connectivity index (χ2v) is 7.08. The van der Waals surface area contributed by atoms with E-state index in [1.54, 1.807) is 0 Å². The van der Waals surface area contributed by atoms with E-state index >= 15 is 0 Å². The Hall–Kier alpha value is -2.75. The van der Waals surface area contributed by atoms with E-state index in [4.69, 9.17) is 4.42 Å². The van der Waals surface area contributed by atoms with Crippen LogP contribution >= 0.6 is 0 Å². The zero-order valence-electron chi connectivity index (χ0n) is 15.0. The predicted molar refractivity (Wildman–Crippen MR) is 105 cm³/mol. The highest BCUT2D eigenvalue weighted by Gasteiger charge is 2.20. The van der Waals surface area contributed by atoms with Crippen LogP contribution in [0.25, 0.3) is 22.3 Å². The smallest absolute Gasteiger partial charge is 0.242 e. The van der Waals surface area contributed by atoms with Crippen LogP contribution < -0.4 is 10.6 Å². The third-order valence-electron chi connectivity index (χ3n) is 5.07. The molecule has 0 saturated heterocycles. The zero-order chi connectivity index (χ0) is 17.9. The molecule has 4 heteroatoms. The number of amides is 1. The molecule has 1 aliphatic rings. The molecule has 1 atom stereocenters. The van der Waals surface area contributed by atoms with Crippen molar-refractivity contribution in [3.05, 3.63) is 54.6 Å². The lowest BCUT2D eigenvalue weighted by atomic mass is 10.1. The molecule has 4 nitrogen and oxygen atoms in total. The van der Waals surface area contributed by atoms with Gasteiger partial charge in [0.1, 0.15) is 17.4 Å². The summed E-state index contributed by atoms with van der Waals surface area (Å²) in [5.41, 5.74) is 2.84. The first-order chi connectivity index (χ1) is 12.7. The highest BCUT2D eigenvalue weighted by atomic mass is 16.3. The monoisotopic (exact) mass is 348 g/mol. The molecule has 1 fully saturated rings. The highest BCUT2D eigenvalue weighted by Crippen LogP contribution is 2.28. The van der Waals surface area contributed by atoms with Crippen LogP contribution in [0, 0.1) is 0 Å². The van der Waals surface area contributed by atoms with Crippen molar-refractivity contribution in [2.24, 2.45) is 0 Å². The van der Waals surface area contributed by atoms with E-state index in [9.17, 15) is 4.79 Å². The van der Waals surface area contributed by atoms with E-state index in [2.05, 4.69) is 16.7 Å². The quantitative estimate of drug-likeness (QED) is 0.685. The van der Waals surface area contributed by atoms with Crippen molar-refractivity contribution in [1.82, 2.24) is 5.32 Å². The van der Waals surface area contributed by atoms with Crippen LogP contribution in [0.4, 0.5) is 5.69 Å². The van der Waals surface area contributed by atoms with Gasteiger partial charge in [-0.2, -0.15) is 0 Å². The van der Waals surface area contributed by atoms with Gasteiger partial charge in [0.05, 0.1) is 0 Å². The van der Waals surface area contributed by atoms with Crippen LogP contribution in [0.15, 0.2) is 59.0 Å². The lowest BCUT2D eigenvalue weighted by Crippen LogP contribution is -2.42. The fourth-order valence-corrected chi connectivity index (χ4v) is 3.57. The topological polar surface area (TPSA) is 54.3 Å². The van der Waals surface area contributed by atoms with Crippen molar-refractivity contribution in [3.8, 4) is 11.3 Å². The van der Waals surface area contributed by atoms with E-state index in [1.807, 2.05) is 55.5 Å². The molecule has 0 radical (unpaired) electrons. The van der Waals surface area contributed by atoms with Gasteiger partial charge in [0, 0.05) is 22.7 Å². The van der Waals surface area contributed by atoms with E-state index in [-0.39, 0.29) is 11.9 Å². The van der Waals surface area contributed by atoms with Crippen molar-refractivity contribution in [1.29, 1.82) is 0 Å². The molecule has 0 unspecified atom stereocenters. The summed E-state index contributed by atoms with van der Waals surface area (Å²) in [5.74, 6) is 0.919. The summed E-state index contributed by atoms with van der Waals surface area (Å²) in [6, 6.07) is 18.1. The first-order valence-electron chi connectivity index (χ1n) is 9.35. The van der Waals surface area contributed by atoms with Crippen LogP contribution in [0.3, 0.4) is 0 Å². The lowest BCUT2D eigenvalue weighted by molar-refractivity contribution is -0.122. The summed E-state index contributed by atoms with van der Waals surface area (Å²) in [5, 5.41) is 7.51. The number of furan rings is 1. The lowest BCUT2D eigenvalue weighted by Gasteiger charge is -2.18. The van der Waals surface area contributed by atoms with E-state index < -0.39 is 0 Å². The largest absolute Gasteiger partial charge is 0.456 e. The van der Waals surface area contributed by atoms with Gasteiger partial charge in [0.25, 0.3) is 0 Å². The first kappa shape index (κ1) is 16.7. The van der Waals surface area contributed by atoms with Crippen molar-refractivity contribution in [2.45, 2.75) is 44.7 Å². The van der Waals surface area contributed by atoms with Crippen molar-refractivity contribution >= 4 is 22.6 Å². The Kier molecular flexibility index (Phi) is 4.65. The van der Waals surface area contributed by atoms with Crippen LogP contribution in [-0.4, -0.2) is 18.0 Å². The molecule has 2 N–H and O–H groups in total. The zero-order valence-corrected chi connectivity index (χ0v) is 15.0. The maximum atomic E-state index is 12.3. The van der Waals surface area contributed by atoms with Gasteiger partial charge in [-0.05, 0) is 56.2 Å². The van der Waals surface area contributed by atoms with Gasteiger partial charge in [-0.3, -0.25) is 4.79 Å². The summed E-state index contributed by atoms with van der Waals surface area (Å²) in [4.78, 5) is 12.3. The number of hydrogen-bond acceptors (Lipinski definition) is 3. The first-order valence-corrected chi connectivity index (χ1v) is 9.35. The van der Waals surface area contributed by atoms with Crippen molar-refractivity contribution < 1.29 is 9.21 Å². The minimum atomic E-state index is -0.257. The third-order valence-corrected chi connectivity index (χ3v) is 5.07. The number of hydrogen-bond donors (Lipinski definition) is 2. The normalized spacial score (nSPS) is 15.9. The molecular formula is C22H24N2O2.